The van der Waals surface area contributed by atoms with Crippen LogP contribution in [0.4, 0.5) is 18.9 Å². The van der Waals surface area contributed by atoms with Crippen LogP contribution in [0.25, 0.3) is 0 Å². The molecular weight excluding hydrogens is 561 g/mol. The second kappa shape index (κ2) is 8.64. The summed E-state index contributed by atoms with van der Waals surface area (Å²) in [5.41, 5.74) is 0.796. The van der Waals surface area contributed by atoms with Gasteiger partial charge < -0.3 is 10.2 Å². The number of rotatable bonds is 4. The molecule has 170 valence electrons. The van der Waals surface area contributed by atoms with Gasteiger partial charge in [0.2, 0.25) is 0 Å². The monoisotopic (exact) mass is 576 g/mol. The van der Waals surface area contributed by atoms with E-state index >= 15 is 0 Å². The Bertz CT molecular complexity index is 1030. The highest BCUT2D eigenvalue weighted by atomic mass is 79.9. The molecule has 2 amide bonds. The van der Waals surface area contributed by atoms with Crippen molar-refractivity contribution in [3.05, 3.63) is 56.7 Å². The average Bonchev–Trinajstić information content (AvgIpc) is 3.35. The number of benzene rings is 1. The molecule has 2 aliphatic heterocycles. The largest absolute Gasteiger partial charge is 0.400 e. The highest BCUT2D eigenvalue weighted by molar-refractivity contribution is 9.11. The van der Waals surface area contributed by atoms with Gasteiger partial charge in [0.1, 0.15) is 23.8 Å². The van der Waals surface area contributed by atoms with E-state index < -0.39 is 29.4 Å². The number of nitrogens with zero attached hydrogens (tertiary/aromatic N) is 2. The first-order valence-electron chi connectivity index (χ1n) is 9.56. The van der Waals surface area contributed by atoms with Gasteiger partial charge in [-0.3, -0.25) is 14.4 Å². The summed E-state index contributed by atoms with van der Waals surface area (Å²) < 4.78 is 44.0. The van der Waals surface area contributed by atoms with Crippen molar-refractivity contribution < 1.29 is 27.6 Å². The minimum atomic E-state index is -4.46. The molecule has 2 aromatic rings. The van der Waals surface area contributed by atoms with Gasteiger partial charge in [0.25, 0.3) is 11.8 Å². The second-order valence-electron chi connectivity index (χ2n) is 7.61. The van der Waals surface area contributed by atoms with Crippen molar-refractivity contribution in [2.75, 3.05) is 24.6 Å². The number of amides is 2. The Morgan fingerprint density at radius 3 is 2.53 bits per heavy atom. The highest BCUT2D eigenvalue weighted by Gasteiger charge is 2.59. The Balaban J connectivity index is 1.53. The second-order valence-corrected chi connectivity index (χ2v) is 9.45. The van der Waals surface area contributed by atoms with E-state index in [2.05, 4.69) is 47.6 Å². The molecule has 1 aromatic heterocycles. The predicted octanol–water partition coefficient (Wildman–Crippen LogP) is 3.48. The maximum atomic E-state index is 14.3. The minimum Gasteiger partial charge on any atom is -0.369 e. The van der Waals surface area contributed by atoms with Gasteiger partial charge in [0.15, 0.2) is 0 Å². The summed E-state index contributed by atoms with van der Waals surface area (Å²) in [6.45, 7) is -0.0929. The van der Waals surface area contributed by atoms with Crippen LogP contribution < -0.4 is 15.7 Å². The van der Waals surface area contributed by atoms with Crippen LogP contribution >= 0.6 is 31.9 Å². The van der Waals surface area contributed by atoms with Gasteiger partial charge in [0.05, 0.1) is 11.9 Å². The van der Waals surface area contributed by atoms with E-state index in [-0.39, 0.29) is 37.4 Å². The minimum absolute atomic E-state index is 0.00166. The molecule has 0 aliphatic carbocycles. The number of hydrogen-bond acceptors (Lipinski definition) is 5. The maximum Gasteiger partial charge on any atom is 0.400 e. The molecule has 2 N–H and O–H groups in total. The summed E-state index contributed by atoms with van der Waals surface area (Å²) in [6, 6.07) is 6.83. The fourth-order valence-electron chi connectivity index (χ4n) is 3.88. The van der Waals surface area contributed by atoms with Gasteiger partial charge in [-0.25, -0.2) is 10.5 Å². The first-order chi connectivity index (χ1) is 15.1. The zero-order valence-corrected chi connectivity index (χ0v) is 19.6. The van der Waals surface area contributed by atoms with Crippen molar-refractivity contribution in [1.29, 1.82) is 0 Å². The van der Waals surface area contributed by atoms with Gasteiger partial charge in [-0.05, 0) is 42.3 Å². The number of carbonyl (C=O) groups is 2. The van der Waals surface area contributed by atoms with Crippen LogP contribution in [0.2, 0.25) is 0 Å². The number of carbonyl (C=O) groups excluding carboxylic acids is 2. The van der Waals surface area contributed by atoms with Crippen molar-refractivity contribution >= 4 is 49.4 Å². The molecule has 0 spiro atoms. The average molecular weight is 578 g/mol. The summed E-state index contributed by atoms with van der Waals surface area (Å²) in [6.07, 6.45) is -3.21. The van der Waals surface area contributed by atoms with Crippen molar-refractivity contribution in [2.24, 2.45) is 0 Å². The van der Waals surface area contributed by atoms with Crippen LogP contribution in [-0.4, -0.2) is 48.7 Å². The molecule has 2 fully saturated rings. The van der Waals surface area contributed by atoms with E-state index in [0.29, 0.717) is 14.6 Å². The predicted molar refractivity (Wildman–Crippen MR) is 116 cm³/mol. The summed E-state index contributed by atoms with van der Waals surface area (Å²) in [4.78, 5) is 34.2. The molecular formula is C20H17Br2F3N4O3. The van der Waals surface area contributed by atoms with E-state index in [1.54, 1.807) is 17.0 Å². The highest BCUT2D eigenvalue weighted by Crippen LogP contribution is 2.49. The fraction of sp³-hybridized carbons (Fsp3) is 0.350. The number of pyridine rings is 1. The molecule has 2 atom stereocenters. The molecule has 3 heterocycles. The number of halogens is 5. The van der Waals surface area contributed by atoms with Crippen molar-refractivity contribution in [2.45, 2.75) is 24.1 Å². The fourth-order valence-corrected chi connectivity index (χ4v) is 5.17. The Labute approximate surface area is 197 Å². The summed E-state index contributed by atoms with van der Waals surface area (Å²) >= 11 is 6.55. The molecule has 4 rings (SSSR count). The van der Waals surface area contributed by atoms with E-state index in [1.165, 1.54) is 24.4 Å². The first kappa shape index (κ1) is 23.0. The number of nitrogens with one attached hydrogen (secondary N) is 2. The number of alkyl halides is 3. The lowest BCUT2D eigenvalue weighted by molar-refractivity contribution is -0.184. The maximum absolute atomic E-state index is 14.3. The third kappa shape index (κ3) is 4.35. The number of hydrogen-bond donors (Lipinski definition) is 2. The first-order valence-corrected chi connectivity index (χ1v) is 11.1. The normalized spacial score (nSPS) is 23.3. The van der Waals surface area contributed by atoms with Crippen LogP contribution in [0.3, 0.4) is 0 Å². The van der Waals surface area contributed by atoms with E-state index in [9.17, 15) is 22.8 Å². The van der Waals surface area contributed by atoms with Crippen LogP contribution in [-0.2, 0) is 15.0 Å². The molecule has 2 aliphatic rings. The molecule has 0 saturated carbocycles. The Kier molecular flexibility index (Phi) is 6.21. The van der Waals surface area contributed by atoms with Gasteiger partial charge in [0, 0.05) is 22.0 Å². The Morgan fingerprint density at radius 1 is 1.25 bits per heavy atom. The van der Waals surface area contributed by atoms with E-state index in [4.69, 9.17) is 4.84 Å². The Morgan fingerprint density at radius 2 is 1.97 bits per heavy atom. The van der Waals surface area contributed by atoms with Crippen LogP contribution in [0.5, 0.6) is 0 Å². The SMILES string of the molecule is O=C(NC1CONC1=O)c1ccc(N2CCC(c3cc(Br)cc(Br)c3)(C(F)(F)F)C2)cn1. The third-order valence-electron chi connectivity index (χ3n) is 5.62. The van der Waals surface area contributed by atoms with Crippen LogP contribution in [0.1, 0.15) is 22.5 Å². The molecule has 32 heavy (non-hydrogen) atoms. The van der Waals surface area contributed by atoms with Gasteiger partial charge in [-0.1, -0.05) is 31.9 Å². The zero-order chi connectivity index (χ0) is 23.1. The lowest BCUT2D eigenvalue weighted by atomic mass is 9.79. The van der Waals surface area contributed by atoms with Gasteiger partial charge >= 0.3 is 6.18 Å². The summed E-state index contributed by atoms with van der Waals surface area (Å²) in [5, 5.41) is 2.49. The standard InChI is InChI=1S/C20H17Br2F3N4O3/c21-12-5-11(6-13(22)7-12)19(20(23,24)25)3-4-29(10-19)14-1-2-15(26-8-14)17(30)27-16-9-32-28-18(16)31/h1-2,5-8,16H,3-4,9-10H2,(H,27,30)(H,28,31). The number of anilines is 1. The third-order valence-corrected chi connectivity index (χ3v) is 6.53. The van der Waals surface area contributed by atoms with E-state index in [0.717, 1.165) is 0 Å². The topological polar surface area (TPSA) is 83.6 Å². The van der Waals surface area contributed by atoms with Crippen LogP contribution in [0.15, 0.2) is 45.5 Å². The lowest BCUT2D eigenvalue weighted by Crippen LogP contribution is -2.45. The van der Waals surface area contributed by atoms with Gasteiger partial charge in [-0.2, -0.15) is 13.2 Å². The summed E-state index contributed by atoms with van der Waals surface area (Å²) in [7, 11) is 0. The van der Waals surface area contributed by atoms with E-state index in [1.807, 2.05) is 0 Å². The van der Waals surface area contributed by atoms with Crippen molar-refractivity contribution in [3.8, 4) is 0 Å². The van der Waals surface area contributed by atoms with Crippen molar-refractivity contribution in [3.63, 3.8) is 0 Å². The van der Waals surface area contributed by atoms with Crippen LogP contribution in [0, 0.1) is 0 Å². The lowest BCUT2D eigenvalue weighted by Gasteiger charge is -2.33. The molecule has 2 unspecified atom stereocenters. The summed E-state index contributed by atoms with van der Waals surface area (Å²) in [5.74, 6) is -1.04. The molecule has 2 saturated heterocycles. The molecule has 12 heteroatoms. The van der Waals surface area contributed by atoms with Gasteiger partial charge in [-0.15, -0.1) is 0 Å². The molecule has 1 aromatic carbocycles. The molecule has 7 nitrogen and oxygen atoms in total. The van der Waals surface area contributed by atoms with Crippen molar-refractivity contribution in [1.82, 2.24) is 15.8 Å². The Hall–Kier alpha value is -2.18. The smallest absolute Gasteiger partial charge is 0.369 e. The zero-order valence-electron chi connectivity index (χ0n) is 16.4. The molecule has 0 bridgehead atoms. The number of hydroxylamine groups is 1. The quantitative estimate of drug-likeness (QED) is 0.581. The molecule has 0 radical (unpaired) electrons. The number of aromatic nitrogens is 1.